The summed E-state index contributed by atoms with van der Waals surface area (Å²) in [6.07, 6.45) is 3.79. The summed E-state index contributed by atoms with van der Waals surface area (Å²) in [7, 11) is 1.37. The molecule has 0 aromatic heterocycles. The van der Waals surface area contributed by atoms with E-state index in [-0.39, 0.29) is 5.97 Å². The van der Waals surface area contributed by atoms with Crippen LogP contribution in [0.15, 0.2) is 54.6 Å². The van der Waals surface area contributed by atoms with E-state index in [1.165, 1.54) is 7.11 Å². The normalized spacial score (nSPS) is 10.5. The molecule has 2 aromatic rings. The Hall–Kier alpha value is -2.55. The number of rotatable bonds is 4. The average molecular weight is 268 g/mol. The van der Waals surface area contributed by atoms with E-state index in [9.17, 15) is 4.79 Å². The van der Waals surface area contributed by atoms with Crippen LogP contribution in [0.4, 0.5) is 0 Å². The first-order chi connectivity index (χ1) is 9.74. The maximum Gasteiger partial charge on any atom is 0.337 e. The number of ether oxygens (including phenoxy) is 2. The van der Waals surface area contributed by atoms with E-state index in [1.807, 2.05) is 49.4 Å². The fourth-order valence-corrected chi connectivity index (χ4v) is 1.81. The van der Waals surface area contributed by atoms with Crippen molar-refractivity contribution in [2.75, 3.05) is 7.11 Å². The Kier molecular flexibility index (Phi) is 4.56. The summed E-state index contributed by atoms with van der Waals surface area (Å²) in [6.45, 7) is 1.91. The van der Waals surface area contributed by atoms with Gasteiger partial charge in [-0.3, -0.25) is 0 Å². The second-order valence-corrected chi connectivity index (χ2v) is 4.16. The van der Waals surface area contributed by atoms with E-state index < -0.39 is 0 Å². The lowest BCUT2D eigenvalue weighted by Gasteiger charge is -2.10. The van der Waals surface area contributed by atoms with Crippen LogP contribution >= 0.6 is 0 Å². The number of hydrogen-bond donors (Lipinski definition) is 0. The predicted molar refractivity (Wildman–Crippen MR) is 79.0 cm³/mol. The molecule has 20 heavy (non-hydrogen) atoms. The van der Waals surface area contributed by atoms with Crippen LogP contribution in [0.1, 0.15) is 22.8 Å². The summed E-state index contributed by atoms with van der Waals surface area (Å²) >= 11 is 0. The zero-order valence-corrected chi connectivity index (χ0v) is 11.5. The minimum atomic E-state index is -0.359. The molecule has 0 N–H and O–H groups in total. The Morgan fingerprint density at radius 2 is 1.85 bits per heavy atom. The molecule has 2 rings (SSSR count). The highest BCUT2D eigenvalue weighted by Gasteiger charge is 2.09. The zero-order valence-electron chi connectivity index (χ0n) is 11.5. The maximum absolute atomic E-state index is 11.6. The summed E-state index contributed by atoms with van der Waals surface area (Å²) in [6, 6.07) is 14.7. The minimum absolute atomic E-state index is 0.359. The van der Waals surface area contributed by atoms with Crippen LogP contribution in [0.3, 0.4) is 0 Å². The lowest BCUT2D eigenvalue weighted by Crippen LogP contribution is -2.01. The second kappa shape index (κ2) is 6.57. The molecule has 0 atom stereocenters. The highest BCUT2D eigenvalue weighted by molar-refractivity contribution is 5.90. The zero-order chi connectivity index (χ0) is 14.4. The van der Waals surface area contributed by atoms with Crippen LogP contribution in [0.2, 0.25) is 0 Å². The van der Waals surface area contributed by atoms with E-state index >= 15 is 0 Å². The van der Waals surface area contributed by atoms with Crippen LogP contribution in [0.25, 0.3) is 6.08 Å². The first-order valence-corrected chi connectivity index (χ1v) is 6.32. The van der Waals surface area contributed by atoms with Gasteiger partial charge in [-0.1, -0.05) is 30.4 Å². The van der Waals surface area contributed by atoms with Crippen molar-refractivity contribution in [3.8, 4) is 11.5 Å². The van der Waals surface area contributed by atoms with Gasteiger partial charge in [-0.2, -0.15) is 0 Å². The van der Waals surface area contributed by atoms with Crippen molar-refractivity contribution in [1.29, 1.82) is 0 Å². The third-order valence-corrected chi connectivity index (χ3v) is 2.75. The quantitative estimate of drug-likeness (QED) is 0.775. The van der Waals surface area contributed by atoms with Crippen molar-refractivity contribution in [2.45, 2.75) is 6.92 Å². The van der Waals surface area contributed by atoms with Gasteiger partial charge < -0.3 is 9.47 Å². The molecule has 0 bridgehead atoms. The van der Waals surface area contributed by atoms with Gasteiger partial charge in [0.2, 0.25) is 0 Å². The van der Waals surface area contributed by atoms with Gasteiger partial charge in [0.15, 0.2) is 0 Å². The number of carbonyl (C=O) groups excluding carboxylic acids is 1. The number of benzene rings is 2. The fourth-order valence-electron chi connectivity index (χ4n) is 1.81. The minimum Gasteiger partial charge on any atom is -0.465 e. The monoisotopic (exact) mass is 268 g/mol. The Balaban J connectivity index is 2.35. The maximum atomic E-state index is 11.6. The Morgan fingerprint density at radius 3 is 2.50 bits per heavy atom. The third kappa shape index (κ3) is 3.26. The molecule has 0 aliphatic carbocycles. The molecule has 3 heteroatoms. The Labute approximate surface area is 118 Å². The Bertz CT molecular complexity index is 615. The Morgan fingerprint density at radius 1 is 1.10 bits per heavy atom. The molecule has 3 nitrogen and oxygen atoms in total. The molecule has 0 radical (unpaired) electrons. The molecular formula is C17H16O3. The number of allylic oxidation sites excluding steroid dienone is 1. The number of para-hydroxylation sites is 1. The van der Waals surface area contributed by atoms with Gasteiger partial charge in [0.1, 0.15) is 11.5 Å². The lowest BCUT2D eigenvalue weighted by molar-refractivity contribution is 0.0600. The third-order valence-electron chi connectivity index (χ3n) is 2.75. The molecule has 0 saturated carbocycles. The topological polar surface area (TPSA) is 35.5 Å². The van der Waals surface area contributed by atoms with Crippen LogP contribution in [0, 0.1) is 0 Å². The van der Waals surface area contributed by atoms with E-state index in [1.54, 1.807) is 18.2 Å². The first-order valence-electron chi connectivity index (χ1n) is 6.32. The van der Waals surface area contributed by atoms with Crippen LogP contribution in [-0.4, -0.2) is 13.1 Å². The van der Waals surface area contributed by atoms with Gasteiger partial charge in [-0.05, 0) is 37.3 Å². The highest BCUT2D eigenvalue weighted by Crippen LogP contribution is 2.27. The van der Waals surface area contributed by atoms with Gasteiger partial charge in [-0.25, -0.2) is 4.79 Å². The molecule has 0 saturated heterocycles. The van der Waals surface area contributed by atoms with Crippen molar-refractivity contribution in [1.82, 2.24) is 0 Å². The SMILES string of the molecule is C/C=C/c1cc(C(=O)OC)ccc1Oc1ccccc1. The predicted octanol–water partition coefficient (Wildman–Crippen LogP) is 4.30. The summed E-state index contributed by atoms with van der Waals surface area (Å²) in [5, 5.41) is 0. The van der Waals surface area contributed by atoms with Gasteiger partial charge in [0, 0.05) is 5.56 Å². The molecular weight excluding hydrogens is 252 g/mol. The van der Waals surface area contributed by atoms with E-state index in [0.29, 0.717) is 11.3 Å². The lowest BCUT2D eigenvalue weighted by atomic mass is 10.1. The number of esters is 1. The molecule has 102 valence electrons. The van der Waals surface area contributed by atoms with Crippen LogP contribution in [-0.2, 0) is 4.74 Å². The molecule has 0 unspecified atom stereocenters. The molecule has 0 aliphatic heterocycles. The largest absolute Gasteiger partial charge is 0.465 e. The van der Waals surface area contributed by atoms with Crippen molar-refractivity contribution in [3.63, 3.8) is 0 Å². The van der Waals surface area contributed by atoms with Crippen molar-refractivity contribution < 1.29 is 14.3 Å². The molecule has 0 fully saturated rings. The van der Waals surface area contributed by atoms with E-state index in [0.717, 1.165) is 11.3 Å². The van der Waals surface area contributed by atoms with Gasteiger partial charge >= 0.3 is 5.97 Å². The first kappa shape index (κ1) is 13.9. The second-order valence-electron chi connectivity index (χ2n) is 4.16. The van der Waals surface area contributed by atoms with Crippen molar-refractivity contribution in [2.24, 2.45) is 0 Å². The molecule has 0 spiro atoms. The standard InChI is InChI=1S/C17H16O3/c1-3-7-13-12-14(17(18)19-2)10-11-16(13)20-15-8-5-4-6-9-15/h3-12H,1-2H3/b7-3+. The van der Waals surface area contributed by atoms with Gasteiger partial charge in [0.05, 0.1) is 12.7 Å². The number of hydrogen-bond acceptors (Lipinski definition) is 3. The van der Waals surface area contributed by atoms with Crippen LogP contribution in [0.5, 0.6) is 11.5 Å². The summed E-state index contributed by atoms with van der Waals surface area (Å²) in [4.78, 5) is 11.6. The number of methoxy groups -OCH3 is 1. The average Bonchev–Trinajstić information content (AvgIpc) is 2.49. The summed E-state index contributed by atoms with van der Waals surface area (Å²) in [5.74, 6) is 1.09. The van der Waals surface area contributed by atoms with Crippen LogP contribution < -0.4 is 4.74 Å². The van der Waals surface area contributed by atoms with E-state index in [2.05, 4.69) is 0 Å². The smallest absolute Gasteiger partial charge is 0.337 e. The van der Waals surface area contributed by atoms with Gasteiger partial charge in [-0.15, -0.1) is 0 Å². The van der Waals surface area contributed by atoms with E-state index in [4.69, 9.17) is 9.47 Å². The molecule has 0 aliphatic rings. The molecule has 2 aromatic carbocycles. The summed E-state index contributed by atoms with van der Waals surface area (Å²) in [5.41, 5.74) is 1.33. The van der Waals surface area contributed by atoms with Crippen molar-refractivity contribution >= 4 is 12.0 Å². The van der Waals surface area contributed by atoms with Crippen molar-refractivity contribution in [3.05, 3.63) is 65.7 Å². The molecule has 0 amide bonds. The molecule has 0 heterocycles. The fraction of sp³-hybridized carbons (Fsp3) is 0.118. The number of carbonyl (C=O) groups is 1. The van der Waals surface area contributed by atoms with Gasteiger partial charge in [0.25, 0.3) is 0 Å². The highest BCUT2D eigenvalue weighted by atomic mass is 16.5. The summed E-state index contributed by atoms with van der Waals surface area (Å²) < 4.78 is 10.6.